The normalized spacial score (nSPS) is 13.9. The summed E-state index contributed by atoms with van der Waals surface area (Å²) in [6, 6.07) is 0. The van der Waals surface area contributed by atoms with E-state index in [0.717, 1.165) is 6.21 Å². The lowest BCUT2D eigenvalue weighted by Crippen LogP contribution is -2.22. The molecule has 1 unspecified atom stereocenters. The molecule has 0 bridgehead atoms. The molecule has 0 saturated heterocycles. The zero-order valence-electron chi connectivity index (χ0n) is 9.48. The number of hydrogen-bond acceptors (Lipinski definition) is 3. The smallest absolute Gasteiger partial charge is 0.433 e. The van der Waals surface area contributed by atoms with Gasteiger partial charge in [-0.2, -0.15) is 4.99 Å². The van der Waals surface area contributed by atoms with Crippen LogP contribution in [0.2, 0.25) is 0 Å². The van der Waals surface area contributed by atoms with E-state index in [4.69, 9.17) is 9.84 Å². The van der Waals surface area contributed by atoms with Crippen molar-refractivity contribution in [3.63, 3.8) is 0 Å². The molecule has 0 aliphatic carbocycles. The van der Waals surface area contributed by atoms with Crippen LogP contribution in [0.5, 0.6) is 0 Å². The van der Waals surface area contributed by atoms with Crippen LogP contribution in [0.3, 0.4) is 0 Å². The molecule has 0 heterocycles. The van der Waals surface area contributed by atoms with Crippen LogP contribution in [0.1, 0.15) is 34.1 Å². The highest BCUT2D eigenvalue weighted by molar-refractivity contribution is 5.92. The van der Waals surface area contributed by atoms with E-state index in [1.165, 1.54) is 0 Å². The highest BCUT2D eigenvalue weighted by Gasteiger charge is 2.17. The zero-order chi connectivity index (χ0) is 12.1. The van der Waals surface area contributed by atoms with Gasteiger partial charge in [-0.3, -0.25) is 4.79 Å². The zero-order valence-corrected chi connectivity index (χ0v) is 9.48. The van der Waals surface area contributed by atoms with Crippen molar-refractivity contribution >= 4 is 18.3 Å². The molecule has 5 nitrogen and oxygen atoms in total. The Morgan fingerprint density at radius 3 is 2.33 bits per heavy atom. The van der Waals surface area contributed by atoms with Crippen LogP contribution in [0.25, 0.3) is 0 Å². The van der Waals surface area contributed by atoms with Gasteiger partial charge in [0.05, 0.1) is 5.92 Å². The number of carbonyl (C=O) groups excluding carboxylic acids is 1. The molecule has 0 aliphatic heterocycles. The quantitative estimate of drug-likeness (QED) is 0.731. The molecule has 0 aromatic rings. The highest BCUT2D eigenvalue weighted by atomic mass is 16.6. The highest BCUT2D eigenvalue weighted by Crippen LogP contribution is 2.08. The average molecular weight is 215 g/mol. The predicted molar refractivity (Wildman–Crippen MR) is 56.1 cm³/mol. The standard InChI is InChI=1S/C10H17NO4/c1-5-7(8(12)13)6-11-9(14)15-10(2,3)4/h6-7H,5H2,1-4H3,(H,12,13). The SMILES string of the molecule is CCC(C=NC(=O)OC(C)(C)C)C(=O)O. The molecule has 0 saturated carbocycles. The molecule has 0 rings (SSSR count). The van der Waals surface area contributed by atoms with Crippen molar-refractivity contribution in [1.29, 1.82) is 0 Å². The van der Waals surface area contributed by atoms with E-state index in [-0.39, 0.29) is 0 Å². The number of carboxylic acids is 1. The van der Waals surface area contributed by atoms with E-state index in [2.05, 4.69) is 4.99 Å². The van der Waals surface area contributed by atoms with Crippen molar-refractivity contribution in [2.24, 2.45) is 10.9 Å². The topological polar surface area (TPSA) is 76.0 Å². The number of rotatable bonds is 3. The maximum Gasteiger partial charge on any atom is 0.433 e. The molecular formula is C10H17NO4. The summed E-state index contributed by atoms with van der Waals surface area (Å²) in [5, 5.41) is 8.68. The monoisotopic (exact) mass is 215 g/mol. The van der Waals surface area contributed by atoms with Crippen LogP contribution in [0.4, 0.5) is 4.79 Å². The second kappa shape index (κ2) is 5.48. The fourth-order valence-electron chi connectivity index (χ4n) is 0.783. The number of nitrogens with zero attached hydrogens (tertiary/aromatic N) is 1. The molecular weight excluding hydrogens is 198 g/mol. The van der Waals surface area contributed by atoms with Crippen LogP contribution < -0.4 is 0 Å². The van der Waals surface area contributed by atoms with E-state index in [9.17, 15) is 9.59 Å². The minimum absolute atomic E-state index is 0.391. The van der Waals surface area contributed by atoms with Crippen LogP contribution in [0.15, 0.2) is 4.99 Å². The van der Waals surface area contributed by atoms with Gasteiger partial charge in [-0.25, -0.2) is 4.79 Å². The van der Waals surface area contributed by atoms with Crippen molar-refractivity contribution in [1.82, 2.24) is 0 Å². The van der Waals surface area contributed by atoms with Crippen LogP contribution in [-0.4, -0.2) is 29.0 Å². The first-order valence-corrected chi connectivity index (χ1v) is 4.76. The minimum atomic E-state index is -0.996. The van der Waals surface area contributed by atoms with Crippen molar-refractivity contribution in [2.75, 3.05) is 0 Å². The van der Waals surface area contributed by atoms with E-state index >= 15 is 0 Å². The third kappa shape index (κ3) is 6.65. The average Bonchev–Trinajstić information content (AvgIpc) is 2.01. The van der Waals surface area contributed by atoms with Gasteiger partial charge in [0.25, 0.3) is 0 Å². The Balaban J connectivity index is 4.27. The summed E-state index contributed by atoms with van der Waals surface area (Å²) >= 11 is 0. The van der Waals surface area contributed by atoms with Crippen molar-refractivity contribution in [3.8, 4) is 0 Å². The Hall–Kier alpha value is -1.39. The Morgan fingerprint density at radius 1 is 1.47 bits per heavy atom. The first kappa shape index (κ1) is 13.6. The molecule has 5 heteroatoms. The van der Waals surface area contributed by atoms with E-state index in [0.29, 0.717) is 6.42 Å². The van der Waals surface area contributed by atoms with E-state index < -0.39 is 23.6 Å². The molecule has 0 aromatic heterocycles. The van der Waals surface area contributed by atoms with Gasteiger partial charge in [-0.05, 0) is 27.2 Å². The van der Waals surface area contributed by atoms with Gasteiger partial charge in [0, 0.05) is 6.21 Å². The Bertz CT molecular complexity index is 265. The number of aliphatic carboxylic acids is 1. The molecule has 15 heavy (non-hydrogen) atoms. The van der Waals surface area contributed by atoms with Crippen LogP contribution in [0, 0.1) is 5.92 Å². The fraction of sp³-hybridized carbons (Fsp3) is 0.700. The summed E-state index contributed by atoms with van der Waals surface area (Å²) in [6.45, 7) is 6.86. The number of ether oxygens (including phenoxy) is 1. The number of carbonyl (C=O) groups is 2. The fourth-order valence-corrected chi connectivity index (χ4v) is 0.783. The second-order valence-electron chi connectivity index (χ2n) is 4.11. The molecule has 86 valence electrons. The van der Waals surface area contributed by atoms with Crippen molar-refractivity contribution < 1.29 is 19.4 Å². The summed E-state index contributed by atoms with van der Waals surface area (Å²) in [5.74, 6) is -1.73. The van der Waals surface area contributed by atoms with Gasteiger partial charge in [0.1, 0.15) is 5.60 Å². The number of hydrogen-bond donors (Lipinski definition) is 1. The predicted octanol–water partition coefficient (Wildman–Crippen LogP) is 2.10. The third-order valence-electron chi connectivity index (χ3n) is 1.51. The lowest BCUT2D eigenvalue weighted by molar-refractivity contribution is -0.139. The molecule has 0 aromatic carbocycles. The number of carboxylic acid groups (broad SMARTS) is 1. The first-order chi connectivity index (χ1) is 6.76. The summed E-state index contributed by atoms with van der Waals surface area (Å²) in [4.78, 5) is 25.1. The van der Waals surface area contributed by atoms with E-state index in [1.807, 2.05) is 0 Å². The molecule has 1 N–H and O–H groups in total. The van der Waals surface area contributed by atoms with Gasteiger partial charge in [0.2, 0.25) is 0 Å². The Labute approximate surface area is 89.1 Å². The molecule has 1 atom stereocenters. The van der Waals surface area contributed by atoms with Gasteiger partial charge in [-0.1, -0.05) is 6.92 Å². The Morgan fingerprint density at radius 2 is 2.00 bits per heavy atom. The number of amides is 1. The van der Waals surface area contributed by atoms with Gasteiger partial charge >= 0.3 is 12.1 Å². The second-order valence-corrected chi connectivity index (χ2v) is 4.11. The first-order valence-electron chi connectivity index (χ1n) is 4.76. The van der Waals surface area contributed by atoms with Crippen molar-refractivity contribution in [3.05, 3.63) is 0 Å². The maximum absolute atomic E-state index is 11.1. The molecule has 0 aliphatic rings. The molecule has 1 amide bonds. The van der Waals surface area contributed by atoms with Crippen LogP contribution >= 0.6 is 0 Å². The summed E-state index contributed by atoms with van der Waals surface area (Å²) in [7, 11) is 0. The molecule has 0 radical (unpaired) electrons. The number of aliphatic imine (C=N–C) groups is 1. The minimum Gasteiger partial charge on any atom is -0.481 e. The lowest BCUT2D eigenvalue weighted by atomic mass is 10.1. The largest absolute Gasteiger partial charge is 0.481 e. The molecule has 0 spiro atoms. The van der Waals surface area contributed by atoms with Crippen LogP contribution in [-0.2, 0) is 9.53 Å². The molecule has 0 fully saturated rings. The van der Waals surface area contributed by atoms with Gasteiger partial charge in [-0.15, -0.1) is 0 Å². The summed E-state index contributed by atoms with van der Waals surface area (Å²) in [5.41, 5.74) is -0.612. The van der Waals surface area contributed by atoms with Gasteiger partial charge < -0.3 is 9.84 Å². The third-order valence-corrected chi connectivity index (χ3v) is 1.51. The summed E-state index contributed by atoms with van der Waals surface area (Å²) < 4.78 is 4.88. The van der Waals surface area contributed by atoms with Gasteiger partial charge in [0.15, 0.2) is 0 Å². The summed E-state index contributed by atoms with van der Waals surface area (Å²) in [6.07, 6.45) is 0.736. The maximum atomic E-state index is 11.1. The lowest BCUT2D eigenvalue weighted by Gasteiger charge is -2.17. The Kier molecular flexibility index (Phi) is 4.97. The van der Waals surface area contributed by atoms with E-state index in [1.54, 1.807) is 27.7 Å². The van der Waals surface area contributed by atoms with Crippen molar-refractivity contribution in [2.45, 2.75) is 39.7 Å².